The summed E-state index contributed by atoms with van der Waals surface area (Å²) < 4.78 is 37.3. The zero-order valence-corrected chi connectivity index (χ0v) is 14.1. The van der Waals surface area contributed by atoms with Crippen molar-refractivity contribution in [1.82, 2.24) is 4.90 Å². The van der Waals surface area contributed by atoms with E-state index in [1.54, 1.807) is 19.9 Å². The van der Waals surface area contributed by atoms with Gasteiger partial charge < -0.3 is 4.90 Å². The van der Waals surface area contributed by atoms with Gasteiger partial charge in [-0.05, 0) is 18.6 Å². The Kier molecular flexibility index (Phi) is 5.12. The molecule has 0 radical (unpaired) electrons. The number of halogens is 2. The number of benzene rings is 1. The number of carbonyl (C=O) groups is 1. The topological polar surface area (TPSA) is 54.5 Å². The number of hydrogen-bond donors (Lipinski definition) is 0. The Balaban J connectivity index is 2.32. The van der Waals surface area contributed by atoms with Gasteiger partial charge in [-0.3, -0.25) is 4.79 Å². The fourth-order valence-electron chi connectivity index (χ4n) is 2.59. The molecule has 1 aliphatic heterocycles. The van der Waals surface area contributed by atoms with E-state index in [1.165, 1.54) is 17.0 Å². The molecule has 1 amide bonds. The first-order valence-corrected chi connectivity index (χ1v) is 9.35. The molecule has 1 aliphatic rings. The molecule has 1 aromatic carbocycles. The molecule has 0 aliphatic carbocycles. The Morgan fingerprint density at radius 2 is 2.14 bits per heavy atom. The quantitative estimate of drug-likeness (QED) is 0.841. The summed E-state index contributed by atoms with van der Waals surface area (Å²) in [6.45, 7) is 3.46. The van der Waals surface area contributed by atoms with Gasteiger partial charge in [0.05, 0.1) is 18.1 Å². The molecule has 1 heterocycles. The second kappa shape index (κ2) is 6.54. The lowest BCUT2D eigenvalue weighted by atomic mass is 10.1. The van der Waals surface area contributed by atoms with Crippen molar-refractivity contribution < 1.29 is 17.6 Å². The van der Waals surface area contributed by atoms with E-state index in [2.05, 4.69) is 0 Å². The maximum atomic E-state index is 14.0. The number of carbonyl (C=O) groups excluding carboxylic acids is 1. The van der Waals surface area contributed by atoms with E-state index in [1.807, 2.05) is 0 Å². The van der Waals surface area contributed by atoms with Crippen LogP contribution in [0.1, 0.15) is 25.8 Å². The molecular formula is C15H19ClFNO3S. The Hall–Kier alpha value is -1.14. The first kappa shape index (κ1) is 17.2. The van der Waals surface area contributed by atoms with E-state index in [9.17, 15) is 17.6 Å². The second-order valence-corrected chi connectivity index (χ2v) is 8.51. The van der Waals surface area contributed by atoms with Gasteiger partial charge in [-0.2, -0.15) is 0 Å². The highest BCUT2D eigenvalue weighted by molar-refractivity contribution is 7.91. The fraction of sp³-hybridized carbons (Fsp3) is 0.533. The Labute approximate surface area is 135 Å². The maximum absolute atomic E-state index is 14.0. The molecule has 1 saturated heterocycles. The summed E-state index contributed by atoms with van der Waals surface area (Å²) in [4.78, 5) is 13.9. The van der Waals surface area contributed by atoms with Crippen LogP contribution in [0.15, 0.2) is 18.2 Å². The minimum Gasteiger partial charge on any atom is -0.334 e. The largest absolute Gasteiger partial charge is 0.334 e. The summed E-state index contributed by atoms with van der Waals surface area (Å²) in [7, 11) is -3.13. The van der Waals surface area contributed by atoms with Gasteiger partial charge in [0.1, 0.15) is 5.82 Å². The average Bonchev–Trinajstić information content (AvgIpc) is 2.78. The van der Waals surface area contributed by atoms with Crippen LogP contribution >= 0.6 is 11.6 Å². The van der Waals surface area contributed by atoms with Crippen LogP contribution in [0, 0.1) is 11.7 Å². The predicted molar refractivity (Wildman–Crippen MR) is 83.9 cm³/mol. The third-order valence-corrected chi connectivity index (χ3v) is 5.92. The summed E-state index contributed by atoms with van der Waals surface area (Å²) >= 11 is 6.02. The van der Waals surface area contributed by atoms with E-state index in [0.29, 0.717) is 6.42 Å². The molecule has 1 unspecified atom stereocenters. The standard InChI is InChI=1S/C15H19ClFNO3S/c1-10(2)15(19)18(11-6-7-22(20,21)9-11)8-12-13(16)4-3-5-14(12)17/h3-5,10-11H,6-9H2,1-2H3. The number of nitrogens with zero attached hydrogens (tertiary/aromatic N) is 1. The smallest absolute Gasteiger partial charge is 0.225 e. The van der Waals surface area contributed by atoms with E-state index in [-0.39, 0.29) is 40.5 Å². The molecule has 1 aromatic rings. The summed E-state index contributed by atoms with van der Waals surface area (Å²) in [5, 5.41) is 0.238. The Morgan fingerprint density at radius 3 is 2.64 bits per heavy atom. The second-order valence-electron chi connectivity index (χ2n) is 5.88. The first-order valence-electron chi connectivity index (χ1n) is 7.15. The fourth-order valence-corrected chi connectivity index (χ4v) is 4.55. The van der Waals surface area contributed by atoms with Crippen molar-refractivity contribution in [2.45, 2.75) is 32.9 Å². The van der Waals surface area contributed by atoms with Crippen LogP contribution in [-0.4, -0.2) is 36.8 Å². The van der Waals surface area contributed by atoms with E-state index < -0.39 is 21.7 Å². The van der Waals surface area contributed by atoms with E-state index in [0.717, 1.165) is 0 Å². The monoisotopic (exact) mass is 347 g/mol. The highest BCUT2D eigenvalue weighted by Gasteiger charge is 2.35. The van der Waals surface area contributed by atoms with Gasteiger partial charge in [0.2, 0.25) is 5.91 Å². The van der Waals surface area contributed by atoms with Crippen LogP contribution in [-0.2, 0) is 21.2 Å². The van der Waals surface area contributed by atoms with Gasteiger partial charge in [0.15, 0.2) is 9.84 Å². The van der Waals surface area contributed by atoms with Crippen LogP contribution in [0.2, 0.25) is 5.02 Å². The van der Waals surface area contributed by atoms with Crippen molar-refractivity contribution in [1.29, 1.82) is 0 Å². The Bertz CT molecular complexity index is 655. The molecule has 4 nitrogen and oxygen atoms in total. The van der Waals surface area contributed by atoms with E-state index >= 15 is 0 Å². The van der Waals surface area contributed by atoms with Gasteiger partial charge >= 0.3 is 0 Å². The molecule has 122 valence electrons. The molecule has 0 saturated carbocycles. The lowest BCUT2D eigenvalue weighted by molar-refractivity contribution is -0.137. The SMILES string of the molecule is CC(C)C(=O)N(Cc1c(F)cccc1Cl)C1CCS(=O)(=O)C1. The van der Waals surface area contributed by atoms with Gasteiger partial charge in [-0.1, -0.05) is 31.5 Å². The number of sulfone groups is 1. The van der Waals surface area contributed by atoms with Crippen LogP contribution in [0.4, 0.5) is 4.39 Å². The highest BCUT2D eigenvalue weighted by Crippen LogP contribution is 2.26. The van der Waals surface area contributed by atoms with Gasteiger partial charge in [0, 0.05) is 22.5 Å². The van der Waals surface area contributed by atoms with Crippen LogP contribution in [0.25, 0.3) is 0 Å². The molecule has 0 aromatic heterocycles. The van der Waals surface area contributed by atoms with Gasteiger partial charge in [-0.25, -0.2) is 12.8 Å². The summed E-state index contributed by atoms with van der Waals surface area (Å²) in [6.07, 6.45) is 0.382. The third-order valence-electron chi connectivity index (χ3n) is 3.82. The van der Waals surface area contributed by atoms with Crippen molar-refractivity contribution in [3.63, 3.8) is 0 Å². The van der Waals surface area contributed by atoms with Gasteiger partial charge in [-0.15, -0.1) is 0 Å². The highest BCUT2D eigenvalue weighted by atomic mass is 35.5. The summed E-state index contributed by atoms with van der Waals surface area (Å²) in [5.74, 6) is -0.993. The predicted octanol–water partition coefficient (Wildman–Crippen LogP) is 2.65. The normalized spacial score (nSPS) is 20.3. The first-order chi connectivity index (χ1) is 10.2. The van der Waals surface area contributed by atoms with Crippen molar-refractivity contribution >= 4 is 27.3 Å². The zero-order valence-electron chi connectivity index (χ0n) is 12.6. The lowest BCUT2D eigenvalue weighted by Gasteiger charge is -2.30. The number of rotatable bonds is 4. The molecule has 1 atom stereocenters. The summed E-state index contributed by atoms with van der Waals surface area (Å²) in [5.41, 5.74) is 0.225. The molecule has 0 spiro atoms. The Morgan fingerprint density at radius 1 is 1.45 bits per heavy atom. The summed E-state index contributed by atoms with van der Waals surface area (Å²) in [6, 6.07) is 3.92. The molecule has 22 heavy (non-hydrogen) atoms. The minimum atomic E-state index is -3.13. The van der Waals surface area contributed by atoms with Crippen LogP contribution in [0.3, 0.4) is 0 Å². The van der Waals surface area contributed by atoms with Crippen molar-refractivity contribution in [3.05, 3.63) is 34.6 Å². The lowest BCUT2D eigenvalue weighted by Crippen LogP contribution is -2.43. The molecule has 0 bridgehead atoms. The van der Waals surface area contributed by atoms with E-state index in [4.69, 9.17) is 11.6 Å². The van der Waals surface area contributed by atoms with Crippen molar-refractivity contribution in [3.8, 4) is 0 Å². The van der Waals surface area contributed by atoms with Crippen LogP contribution in [0.5, 0.6) is 0 Å². The van der Waals surface area contributed by atoms with Gasteiger partial charge in [0.25, 0.3) is 0 Å². The molecular weight excluding hydrogens is 329 g/mol. The average molecular weight is 348 g/mol. The van der Waals surface area contributed by atoms with Crippen molar-refractivity contribution in [2.75, 3.05) is 11.5 Å². The molecule has 7 heteroatoms. The van der Waals surface area contributed by atoms with Crippen LogP contribution < -0.4 is 0 Å². The molecule has 0 N–H and O–H groups in total. The zero-order chi connectivity index (χ0) is 16.5. The minimum absolute atomic E-state index is 0.0112. The number of hydrogen-bond acceptors (Lipinski definition) is 3. The molecule has 2 rings (SSSR count). The van der Waals surface area contributed by atoms with Crippen molar-refractivity contribution in [2.24, 2.45) is 5.92 Å². The molecule has 1 fully saturated rings. The number of amides is 1. The third kappa shape index (κ3) is 3.79. The maximum Gasteiger partial charge on any atom is 0.225 e.